The summed E-state index contributed by atoms with van der Waals surface area (Å²) in [6, 6.07) is 0. The number of nitrogens with two attached hydrogens (primary N) is 1. The highest BCUT2D eigenvalue weighted by Gasteiger charge is 1.43. The van der Waals surface area contributed by atoms with E-state index in [9.17, 15) is 0 Å². The third-order valence-electron chi connectivity index (χ3n) is 0.167. The molecule has 3 N–H and O–H groups in total. The largest absolute Gasteiger partial charge is 0.327 e. The third-order valence-corrected chi connectivity index (χ3v) is 0.167. The van der Waals surface area contributed by atoms with Crippen molar-refractivity contribution < 1.29 is 5.48 Å². The van der Waals surface area contributed by atoms with Crippen LogP contribution in [0.5, 0.6) is 0 Å². The fourth-order valence-electron chi connectivity index (χ4n) is 0. The molecular weight excluding hydrogens is 66.0 g/mol. The molecule has 2 nitrogen and oxygen atoms in total. The SMILES string of the molecule is C=CCN.[OH]. The van der Waals surface area contributed by atoms with Gasteiger partial charge in [-0.25, -0.2) is 0 Å². The molecule has 0 bridgehead atoms. The molecule has 0 spiro atoms. The highest BCUT2D eigenvalue weighted by molar-refractivity contribution is 4.64. The minimum absolute atomic E-state index is 0. The molecule has 2 heteroatoms. The van der Waals surface area contributed by atoms with E-state index in [2.05, 4.69) is 6.58 Å². The van der Waals surface area contributed by atoms with Crippen molar-refractivity contribution in [1.82, 2.24) is 0 Å². The first-order valence-corrected chi connectivity index (χ1v) is 1.22. The quantitative estimate of drug-likeness (QED) is 0.421. The van der Waals surface area contributed by atoms with Crippen molar-refractivity contribution in [2.24, 2.45) is 5.73 Å². The van der Waals surface area contributed by atoms with Gasteiger partial charge in [-0.05, 0) is 0 Å². The molecular formula is C3H8NO. The lowest BCUT2D eigenvalue weighted by Gasteiger charge is -1.61. The van der Waals surface area contributed by atoms with Gasteiger partial charge < -0.3 is 5.73 Å². The second-order valence-electron chi connectivity index (χ2n) is 0.524. The van der Waals surface area contributed by atoms with Gasteiger partial charge in [-0.2, -0.15) is 0 Å². The summed E-state index contributed by atoms with van der Waals surface area (Å²) in [5.74, 6) is 0. The highest BCUT2D eigenvalue weighted by Crippen LogP contribution is 1.40. The molecule has 0 fully saturated rings. The minimum Gasteiger partial charge on any atom is -0.327 e. The number of hydrogen-bond acceptors (Lipinski definition) is 1. The molecule has 0 saturated carbocycles. The summed E-state index contributed by atoms with van der Waals surface area (Å²) >= 11 is 0. The van der Waals surface area contributed by atoms with Crippen molar-refractivity contribution in [1.29, 1.82) is 0 Å². The molecule has 1 radical (unpaired) electrons. The first kappa shape index (κ1) is 8.82. The summed E-state index contributed by atoms with van der Waals surface area (Å²) in [4.78, 5) is 0. The Balaban J connectivity index is 0. The van der Waals surface area contributed by atoms with Crippen LogP contribution in [-0.2, 0) is 0 Å². The van der Waals surface area contributed by atoms with E-state index in [1.54, 1.807) is 6.08 Å². The zero-order valence-electron chi connectivity index (χ0n) is 3.02. The Morgan fingerprint density at radius 3 is 2.00 bits per heavy atom. The van der Waals surface area contributed by atoms with Crippen molar-refractivity contribution in [3.05, 3.63) is 12.7 Å². The van der Waals surface area contributed by atoms with Gasteiger partial charge in [0, 0.05) is 6.54 Å². The van der Waals surface area contributed by atoms with Crippen molar-refractivity contribution in [2.45, 2.75) is 0 Å². The molecule has 0 aromatic carbocycles. The molecule has 0 amide bonds. The van der Waals surface area contributed by atoms with Crippen LogP contribution in [0.3, 0.4) is 0 Å². The predicted molar refractivity (Wildman–Crippen MR) is 21.2 cm³/mol. The first-order valence-electron chi connectivity index (χ1n) is 1.22. The van der Waals surface area contributed by atoms with Gasteiger partial charge in [-0.1, -0.05) is 6.08 Å². The van der Waals surface area contributed by atoms with Gasteiger partial charge in [0.05, 0.1) is 0 Å². The number of hydrogen-bond donors (Lipinski definition) is 2. The Bertz CT molecular complexity index is 20.9. The van der Waals surface area contributed by atoms with Crippen LogP contribution >= 0.6 is 0 Å². The Labute approximate surface area is 31.6 Å². The summed E-state index contributed by atoms with van der Waals surface area (Å²) in [5, 5.41) is 0. The molecule has 0 unspecified atom stereocenters. The summed E-state index contributed by atoms with van der Waals surface area (Å²) in [6.07, 6.45) is 1.65. The van der Waals surface area contributed by atoms with Gasteiger partial charge >= 0.3 is 0 Å². The molecule has 0 heterocycles. The minimum atomic E-state index is 0. The Morgan fingerprint density at radius 1 is 1.80 bits per heavy atom. The van der Waals surface area contributed by atoms with Crippen molar-refractivity contribution >= 4 is 0 Å². The van der Waals surface area contributed by atoms with Gasteiger partial charge in [0.15, 0.2) is 0 Å². The second-order valence-corrected chi connectivity index (χ2v) is 0.524. The first-order chi connectivity index (χ1) is 1.91. The second kappa shape index (κ2) is 9.40. The molecule has 0 aliphatic heterocycles. The lowest BCUT2D eigenvalue weighted by Crippen LogP contribution is -1.90. The van der Waals surface area contributed by atoms with E-state index in [1.807, 2.05) is 0 Å². The molecule has 0 saturated heterocycles. The zero-order valence-corrected chi connectivity index (χ0v) is 3.02. The van der Waals surface area contributed by atoms with Crippen LogP contribution in [0.25, 0.3) is 0 Å². The van der Waals surface area contributed by atoms with Gasteiger partial charge in [0.2, 0.25) is 0 Å². The molecule has 0 rings (SSSR count). The molecule has 5 heavy (non-hydrogen) atoms. The van der Waals surface area contributed by atoms with E-state index in [0.29, 0.717) is 6.54 Å². The molecule has 0 aromatic rings. The van der Waals surface area contributed by atoms with Crippen LogP contribution in [0.4, 0.5) is 0 Å². The van der Waals surface area contributed by atoms with E-state index in [-0.39, 0.29) is 5.48 Å². The number of rotatable bonds is 1. The van der Waals surface area contributed by atoms with Gasteiger partial charge in [-0.15, -0.1) is 6.58 Å². The van der Waals surface area contributed by atoms with Crippen LogP contribution in [0.1, 0.15) is 0 Å². The highest BCUT2D eigenvalue weighted by atomic mass is 16.0. The normalized spacial score (nSPS) is 5.00. The molecule has 0 aliphatic rings. The van der Waals surface area contributed by atoms with Crippen LogP contribution < -0.4 is 5.73 Å². The van der Waals surface area contributed by atoms with E-state index in [1.165, 1.54) is 0 Å². The van der Waals surface area contributed by atoms with Crippen molar-refractivity contribution in [2.75, 3.05) is 6.54 Å². The van der Waals surface area contributed by atoms with Crippen molar-refractivity contribution in [3.63, 3.8) is 0 Å². The smallest absolute Gasteiger partial charge is 0.0104 e. The summed E-state index contributed by atoms with van der Waals surface area (Å²) in [6.45, 7) is 3.94. The van der Waals surface area contributed by atoms with Crippen LogP contribution in [-0.4, -0.2) is 12.0 Å². The maximum Gasteiger partial charge on any atom is 0.0104 e. The summed E-state index contributed by atoms with van der Waals surface area (Å²) < 4.78 is 0. The monoisotopic (exact) mass is 74.1 g/mol. The fraction of sp³-hybridized carbons (Fsp3) is 0.333. The lowest BCUT2D eigenvalue weighted by atomic mass is 10.7. The average molecular weight is 74.1 g/mol. The molecule has 0 aliphatic carbocycles. The molecule has 0 atom stereocenters. The third kappa shape index (κ3) is 23.2. The lowest BCUT2D eigenvalue weighted by molar-refractivity contribution is 0.824. The Kier molecular flexibility index (Phi) is 16.6. The van der Waals surface area contributed by atoms with Gasteiger partial charge in [0.25, 0.3) is 0 Å². The fourth-order valence-corrected chi connectivity index (χ4v) is 0. The standard InChI is InChI=1S/C3H7N.HO/c1-2-3-4;/h2H,1,3-4H2;1H. The van der Waals surface area contributed by atoms with E-state index >= 15 is 0 Å². The topological polar surface area (TPSA) is 56.0 Å². The van der Waals surface area contributed by atoms with E-state index < -0.39 is 0 Å². The zero-order chi connectivity index (χ0) is 3.41. The van der Waals surface area contributed by atoms with Gasteiger partial charge in [0.1, 0.15) is 0 Å². The Hall–Kier alpha value is -0.340. The molecule has 31 valence electrons. The summed E-state index contributed by atoms with van der Waals surface area (Å²) in [7, 11) is 0. The maximum absolute atomic E-state index is 4.91. The van der Waals surface area contributed by atoms with Gasteiger partial charge in [-0.3, -0.25) is 5.48 Å². The van der Waals surface area contributed by atoms with E-state index in [4.69, 9.17) is 5.73 Å². The molecule has 0 aromatic heterocycles. The Morgan fingerprint density at radius 2 is 2.00 bits per heavy atom. The maximum atomic E-state index is 4.91. The van der Waals surface area contributed by atoms with Crippen molar-refractivity contribution in [3.8, 4) is 0 Å². The summed E-state index contributed by atoms with van der Waals surface area (Å²) in [5.41, 5.74) is 4.91. The van der Waals surface area contributed by atoms with E-state index in [0.717, 1.165) is 0 Å². The van der Waals surface area contributed by atoms with Crippen LogP contribution in [0.15, 0.2) is 12.7 Å². The van der Waals surface area contributed by atoms with Crippen LogP contribution in [0.2, 0.25) is 0 Å². The van der Waals surface area contributed by atoms with Crippen LogP contribution in [0, 0.1) is 0 Å². The predicted octanol–water partition coefficient (Wildman–Crippen LogP) is -0.0457. The average Bonchev–Trinajstić information content (AvgIpc) is 1.37.